The van der Waals surface area contributed by atoms with Crippen molar-refractivity contribution in [3.8, 4) is 17.1 Å². The second-order valence-electron chi connectivity index (χ2n) is 7.24. The van der Waals surface area contributed by atoms with Gasteiger partial charge in [-0.15, -0.1) is 5.10 Å². The average molecular weight is 451 g/mol. The molecule has 3 heterocycles. The van der Waals surface area contributed by atoms with Crippen molar-refractivity contribution in [2.24, 2.45) is 7.05 Å². The number of halogens is 1. The molecule has 0 fully saturated rings. The zero-order chi connectivity index (χ0) is 23.5. The van der Waals surface area contributed by atoms with Gasteiger partial charge in [-0.2, -0.15) is 5.10 Å². The van der Waals surface area contributed by atoms with Gasteiger partial charge in [-0.05, 0) is 25.1 Å². The Kier molecular flexibility index (Phi) is 6.03. The maximum absolute atomic E-state index is 13.0. The van der Waals surface area contributed by atoms with Gasteiger partial charge in [0.2, 0.25) is 6.86 Å². The number of rotatable bonds is 7. The van der Waals surface area contributed by atoms with E-state index in [1.165, 1.54) is 15.8 Å². The molecule has 10 nitrogen and oxygen atoms in total. The molecule has 0 aliphatic heterocycles. The molecule has 0 atom stereocenters. The number of aryl methyl sites for hydroxylation is 1. The molecule has 33 heavy (non-hydrogen) atoms. The van der Waals surface area contributed by atoms with Crippen LogP contribution in [0.25, 0.3) is 17.0 Å². The van der Waals surface area contributed by atoms with Gasteiger partial charge in [-0.25, -0.2) is 13.9 Å². The third-order valence-electron chi connectivity index (χ3n) is 5.11. The van der Waals surface area contributed by atoms with Crippen molar-refractivity contribution in [3.63, 3.8) is 0 Å². The quantitative estimate of drug-likeness (QED) is 0.463. The van der Waals surface area contributed by atoms with Gasteiger partial charge in [-0.1, -0.05) is 12.1 Å². The number of nitrogens with zero attached hydrogens (tertiary/aromatic N) is 6. The van der Waals surface area contributed by atoms with Crippen LogP contribution in [0.5, 0.6) is 5.75 Å². The zero-order valence-electron chi connectivity index (χ0n) is 18.3. The van der Waals surface area contributed by atoms with Gasteiger partial charge in [-0.3, -0.25) is 14.3 Å². The highest BCUT2D eigenvalue weighted by molar-refractivity contribution is 6.11. The molecule has 3 aromatic heterocycles. The van der Waals surface area contributed by atoms with Crippen LogP contribution in [0.3, 0.4) is 0 Å². The van der Waals surface area contributed by atoms with Gasteiger partial charge in [0.05, 0.1) is 11.8 Å². The molecule has 0 bridgehead atoms. The number of ether oxygens (including phenoxy) is 1. The van der Waals surface area contributed by atoms with Crippen molar-refractivity contribution in [1.29, 1.82) is 0 Å². The second-order valence-corrected chi connectivity index (χ2v) is 7.24. The molecule has 0 saturated carbocycles. The van der Waals surface area contributed by atoms with Crippen LogP contribution in [0.4, 0.5) is 10.1 Å². The Morgan fingerprint density at radius 3 is 2.82 bits per heavy atom. The molecule has 4 rings (SSSR count). The first-order chi connectivity index (χ1) is 15.9. The molecule has 0 aliphatic carbocycles. The summed E-state index contributed by atoms with van der Waals surface area (Å²) in [6, 6.07) is 10.1. The van der Waals surface area contributed by atoms with E-state index in [0.29, 0.717) is 35.0 Å². The number of carbonyl (C=O) groups excluding carboxylic acids is 2. The number of aromatic nitrogens is 5. The summed E-state index contributed by atoms with van der Waals surface area (Å²) in [5.41, 5.74) is 2.01. The smallest absolute Gasteiger partial charge is 0.274 e. The Morgan fingerprint density at radius 2 is 2.06 bits per heavy atom. The van der Waals surface area contributed by atoms with Crippen LogP contribution in [0.2, 0.25) is 0 Å². The fraction of sp³-hybridized carbons (Fsp3) is 0.227. The lowest BCUT2D eigenvalue weighted by atomic mass is 10.2. The predicted molar refractivity (Wildman–Crippen MR) is 119 cm³/mol. The molecule has 0 spiro atoms. The number of benzene rings is 1. The molecular formula is C22H22FN7O3. The standard InChI is InChI=1S/C22H22FN7O3/c1-4-28(2)22(32)17-12-24-29(3)19(17)21(31)25-15-8-9-30-18(11-15)26-20(27-30)14-6-5-7-16(10-14)33-13-23/h5-12H,4,13H2,1-3H3,(H,25,31). The number of alkyl halides is 1. The van der Waals surface area contributed by atoms with E-state index >= 15 is 0 Å². The van der Waals surface area contributed by atoms with Crippen LogP contribution in [0.15, 0.2) is 48.8 Å². The Labute approximate surface area is 188 Å². The summed E-state index contributed by atoms with van der Waals surface area (Å²) >= 11 is 0. The lowest BCUT2D eigenvalue weighted by molar-refractivity contribution is 0.0796. The highest BCUT2D eigenvalue weighted by Gasteiger charge is 2.24. The monoisotopic (exact) mass is 451 g/mol. The maximum atomic E-state index is 13.0. The first-order valence-corrected chi connectivity index (χ1v) is 10.2. The fourth-order valence-electron chi connectivity index (χ4n) is 3.27. The van der Waals surface area contributed by atoms with Crippen LogP contribution in [-0.4, -0.2) is 61.5 Å². The van der Waals surface area contributed by atoms with E-state index in [2.05, 4.69) is 20.5 Å². The van der Waals surface area contributed by atoms with Gasteiger partial charge in [0.15, 0.2) is 11.5 Å². The number of fused-ring (bicyclic) bond motifs is 1. The molecule has 11 heteroatoms. The van der Waals surface area contributed by atoms with Crippen molar-refractivity contribution < 1.29 is 18.7 Å². The SMILES string of the molecule is CCN(C)C(=O)c1cnn(C)c1C(=O)Nc1ccn2nc(-c3cccc(OCF)c3)nc2c1. The van der Waals surface area contributed by atoms with E-state index in [4.69, 9.17) is 4.74 Å². The lowest BCUT2D eigenvalue weighted by Crippen LogP contribution is -2.29. The minimum Gasteiger partial charge on any atom is -0.463 e. The lowest BCUT2D eigenvalue weighted by Gasteiger charge is -2.14. The van der Waals surface area contributed by atoms with E-state index in [-0.39, 0.29) is 17.2 Å². The van der Waals surface area contributed by atoms with Gasteiger partial charge >= 0.3 is 0 Å². The van der Waals surface area contributed by atoms with Crippen LogP contribution in [0.1, 0.15) is 27.8 Å². The predicted octanol–water partition coefficient (Wildman–Crippen LogP) is 2.78. The van der Waals surface area contributed by atoms with Crippen molar-refractivity contribution in [3.05, 3.63) is 60.0 Å². The van der Waals surface area contributed by atoms with E-state index in [1.54, 1.807) is 61.2 Å². The molecule has 0 radical (unpaired) electrons. The normalized spacial score (nSPS) is 10.9. The van der Waals surface area contributed by atoms with E-state index in [9.17, 15) is 14.0 Å². The number of amides is 2. The number of carbonyl (C=O) groups is 2. The Balaban J connectivity index is 1.60. The van der Waals surface area contributed by atoms with Crippen molar-refractivity contribution in [2.75, 3.05) is 25.8 Å². The topological polar surface area (TPSA) is 107 Å². The first kappa shape index (κ1) is 21.9. The van der Waals surface area contributed by atoms with Crippen molar-refractivity contribution in [1.82, 2.24) is 29.3 Å². The van der Waals surface area contributed by atoms with Gasteiger partial charge in [0.1, 0.15) is 11.4 Å². The molecule has 0 unspecified atom stereocenters. The number of hydrogen-bond acceptors (Lipinski definition) is 6. The summed E-state index contributed by atoms with van der Waals surface area (Å²) < 4.78 is 20.3. The Bertz CT molecular complexity index is 1330. The molecule has 170 valence electrons. The van der Waals surface area contributed by atoms with Crippen LogP contribution < -0.4 is 10.1 Å². The minimum atomic E-state index is -0.927. The summed E-state index contributed by atoms with van der Waals surface area (Å²) in [6.07, 6.45) is 3.04. The van der Waals surface area contributed by atoms with Crippen molar-refractivity contribution >= 4 is 23.1 Å². The number of nitrogens with one attached hydrogen (secondary N) is 1. The van der Waals surface area contributed by atoms with Gasteiger partial charge in [0.25, 0.3) is 11.8 Å². The molecule has 0 aliphatic rings. The third-order valence-corrected chi connectivity index (χ3v) is 5.11. The van der Waals surface area contributed by atoms with Crippen LogP contribution in [-0.2, 0) is 7.05 Å². The largest absolute Gasteiger partial charge is 0.463 e. The number of pyridine rings is 1. The molecule has 1 aromatic carbocycles. The van der Waals surface area contributed by atoms with E-state index in [0.717, 1.165) is 0 Å². The second kappa shape index (κ2) is 9.07. The van der Waals surface area contributed by atoms with E-state index < -0.39 is 12.8 Å². The Morgan fingerprint density at radius 1 is 1.24 bits per heavy atom. The summed E-state index contributed by atoms with van der Waals surface area (Å²) in [4.78, 5) is 31.5. The van der Waals surface area contributed by atoms with Crippen LogP contribution >= 0.6 is 0 Å². The Hall–Kier alpha value is -4.28. The van der Waals surface area contributed by atoms with Crippen molar-refractivity contribution in [2.45, 2.75) is 6.92 Å². The highest BCUT2D eigenvalue weighted by atomic mass is 19.1. The molecule has 1 N–H and O–H groups in total. The first-order valence-electron chi connectivity index (χ1n) is 10.2. The number of hydrogen-bond donors (Lipinski definition) is 1. The molecule has 4 aromatic rings. The zero-order valence-corrected chi connectivity index (χ0v) is 18.3. The summed E-state index contributed by atoms with van der Waals surface area (Å²) in [6.45, 7) is 1.42. The van der Waals surface area contributed by atoms with Gasteiger partial charge < -0.3 is 15.0 Å². The molecular weight excluding hydrogens is 429 g/mol. The highest BCUT2D eigenvalue weighted by Crippen LogP contribution is 2.23. The summed E-state index contributed by atoms with van der Waals surface area (Å²) in [5, 5.41) is 11.3. The summed E-state index contributed by atoms with van der Waals surface area (Å²) in [7, 11) is 3.26. The number of anilines is 1. The third kappa shape index (κ3) is 4.38. The van der Waals surface area contributed by atoms with Gasteiger partial charge in [0, 0.05) is 44.2 Å². The average Bonchev–Trinajstić information content (AvgIpc) is 3.41. The minimum absolute atomic E-state index is 0.159. The fourth-order valence-corrected chi connectivity index (χ4v) is 3.27. The summed E-state index contributed by atoms with van der Waals surface area (Å²) in [5.74, 6) is 0.0391. The molecule has 0 saturated heterocycles. The van der Waals surface area contributed by atoms with Crippen LogP contribution in [0, 0.1) is 0 Å². The van der Waals surface area contributed by atoms with E-state index in [1.807, 2.05) is 6.92 Å². The maximum Gasteiger partial charge on any atom is 0.274 e. The molecule has 2 amide bonds.